The highest BCUT2D eigenvalue weighted by Crippen LogP contribution is 2.36. The lowest BCUT2D eigenvalue weighted by Crippen LogP contribution is -2.47. The summed E-state index contributed by atoms with van der Waals surface area (Å²) in [6.07, 6.45) is -5.22. The van der Waals surface area contributed by atoms with E-state index in [2.05, 4.69) is 25.1 Å². The highest BCUT2D eigenvalue weighted by Gasteiger charge is 2.35. The number of nitrogens with zero attached hydrogens (tertiary/aromatic N) is 4. The van der Waals surface area contributed by atoms with Gasteiger partial charge >= 0.3 is 12.3 Å². The van der Waals surface area contributed by atoms with Crippen LogP contribution in [-0.2, 0) is 10.9 Å². The lowest BCUT2D eigenvalue weighted by Gasteiger charge is -2.22. The minimum absolute atomic E-state index is 0.0113. The SMILES string of the molecule is COC(=O)N(NC(=O)c1c(OC)c(-c2ccccc2)nc2ccccc12)c1nccc(C(F)(F)F)n1. The highest BCUT2D eigenvalue weighted by molar-refractivity contribution is 6.11. The Kier molecular flexibility index (Phi) is 6.68. The molecule has 0 aliphatic carbocycles. The molecule has 9 nitrogen and oxygen atoms in total. The van der Waals surface area contributed by atoms with E-state index in [9.17, 15) is 22.8 Å². The lowest BCUT2D eigenvalue weighted by molar-refractivity contribution is -0.141. The second-order valence-electron chi connectivity index (χ2n) is 7.24. The number of carbonyl (C=O) groups is 2. The molecule has 36 heavy (non-hydrogen) atoms. The fraction of sp³-hybridized carbons (Fsp3) is 0.125. The Morgan fingerprint density at radius 2 is 1.64 bits per heavy atom. The molecular weight excluding hydrogens is 479 g/mol. The lowest BCUT2D eigenvalue weighted by atomic mass is 10.0. The number of fused-ring (bicyclic) bond motifs is 1. The molecule has 0 aliphatic heterocycles. The van der Waals surface area contributed by atoms with Crippen LogP contribution in [0.25, 0.3) is 22.2 Å². The van der Waals surface area contributed by atoms with E-state index in [1.807, 2.05) is 6.07 Å². The first-order valence-electron chi connectivity index (χ1n) is 10.4. The Labute approximate surface area is 202 Å². The number of amides is 2. The van der Waals surface area contributed by atoms with Crippen molar-refractivity contribution in [3.8, 4) is 17.0 Å². The van der Waals surface area contributed by atoms with E-state index in [4.69, 9.17) is 4.74 Å². The molecule has 0 saturated carbocycles. The second-order valence-corrected chi connectivity index (χ2v) is 7.24. The molecule has 2 aromatic heterocycles. The van der Waals surface area contributed by atoms with E-state index in [1.165, 1.54) is 7.11 Å². The molecule has 0 unspecified atom stereocenters. The van der Waals surface area contributed by atoms with Crippen molar-refractivity contribution in [1.29, 1.82) is 0 Å². The van der Waals surface area contributed by atoms with Crippen LogP contribution >= 0.6 is 0 Å². The number of methoxy groups -OCH3 is 2. The van der Waals surface area contributed by atoms with Gasteiger partial charge in [-0.05, 0) is 12.1 Å². The number of hydrogen-bond acceptors (Lipinski definition) is 7. The molecular formula is C24H18F3N5O4. The summed E-state index contributed by atoms with van der Waals surface area (Å²) in [5, 5.41) is 0.760. The first-order valence-corrected chi connectivity index (χ1v) is 10.4. The first-order chi connectivity index (χ1) is 17.2. The number of anilines is 1. The first kappa shape index (κ1) is 24.4. The summed E-state index contributed by atoms with van der Waals surface area (Å²) in [5.74, 6) is -1.55. The monoisotopic (exact) mass is 497 g/mol. The number of pyridine rings is 1. The van der Waals surface area contributed by atoms with Gasteiger partial charge in [0.1, 0.15) is 11.4 Å². The third-order valence-electron chi connectivity index (χ3n) is 5.03. The van der Waals surface area contributed by atoms with Gasteiger partial charge in [-0.1, -0.05) is 48.5 Å². The van der Waals surface area contributed by atoms with Crippen LogP contribution < -0.4 is 15.2 Å². The van der Waals surface area contributed by atoms with Crippen molar-refractivity contribution >= 4 is 28.9 Å². The van der Waals surface area contributed by atoms with Crippen molar-refractivity contribution in [2.45, 2.75) is 6.18 Å². The van der Waals surface area contributed by atoms with E-state index < -0.39 is 29.8 Å². The second kappa shape index (κ2) is 9.86. The number of nitrogens with one attached hydrogen (secondary N) is 1. The molecule has 4 aromatic rings. The standard InChI is InChI=1S/C24H18F3N5O4/c1-35-20-18(15-10-6-7-11-16(15)29-19(20)14-8-4-3-5-9-14)21(33)31-32(23(34)36-2)22-28-13-12-17(30-22)24(25,26)27/h3-13H,1-2H3,(H,31,33). The number of aromatic nitrogens is 3. The number of alkyl halides is 3. The van der Waals surface area contributed by atoms with Crippen LogP contribution in [0.3, 0.4) is 0 Å². The molecule has 0 saturated heterocycles. The summed E-state index contributed by atoms with van der Waals surface area (Å²) < 4.78 is 49.7. The quantitative estimate of drug-likeness (QED) is 0.410. The van der Waals surface area contributed by atoms with Crippen molar-refractivity contribution in [2.24, 2.45) is 0 Å². The third kappa shape index (κ3) is 4.73. The number of benzene rings is 2. The summed E-state index contributed by atoms with van der Waals surface area (Å²) in [7, 11) is 2.34. The summed E-state index contributed by atoms with van der Waals surface area (Å²) in [4.78, 5) is 37.7. The molecule has 4 rings (SSSR count). The average Bonchev–Trinajstić information content (AvgIpc) is 2.90. The average molecular weight is 497 g/mol. The maximum atomic E-state index is 13.6. The van der Waals surface area contributed by atoms with Crippen LogP contribution in [0.15, 0.2) is 66.9 Å². The number of ether oxygens (including phenoxy) is 2. The molecule has 0 spiro atoms. The predicted molar refractivity (Wildman–Crippen MR) is 123 cm³/mol. The zero-order chi connectivity index (χ0) is 25.9. The van der Waals surface area contributed by atoms with Gasteiger partial charge in [0.15, 0.2) is 5.75 Å². The Balaban J connectivity index is 1.85. The Hall–Kier alpha value is -4.74. The summed E-state index contributed by atoms with van der Waals surface area (Å²) >= 11 is 0. The molecule has 2 heterocycles. The zero-order valence-electron chi connectivity index (χ0n) is 18.9. The van der Waals surface area contributed by atoms with E-state index in [1.54, 1.807) is 48.5 Å². The molecule has 0 fully saturated rings. The fourth-order valence-corrected chi connectivity index (χ4v) is 3.45. The molecule has 12 heteroatoms. The number of para-hydroxylation sites is 1. The van der Waals surface area contributed by atoms with Gasteiger partial charge in [-0.15, -0.1) is 5.01 Å². The topological polar surface area (TPSA) is 107 Å². The van der Waals surface area contributed by atoms with Crippen molar-refractivity contribution in [3.63, 3.8) is 0 Å². The van der Waals surface area contributed by atoms with E-state index in [-0.39, 0.29) is 11.3 Å². The number of hydrogen-bond donors (Lipinski definition) is 1. The highest BCUT2D eigenvalue weighted by atomic mass is 19.4. The van der Waals surface area contributed by atoms with Crippen LogP contribution in [0.1, 0.15) is 16.1 Å². The zero-order valence-corrected chi connectivity index (χ0v) is 18.9. The predicted octanol–water partition coefficient (Wildman–Crippen LogP) is 4.64. The molecule has 0 atom stereocenters. The van der Waals surface area contributed by atoms with Gasteiger partial charge in [0.2, 0.25) is 0 Å². The van der Waals surface area contributed by atoms with Crippen molar-refractivity contribution in [2.75, 3.05) is 19.2 Å². The van der Waals surface area contributed by atoms with Crippen LogP contribution in [0.2, 0.25) is 0 Å². The van der Waals surface area contributed by atoms with Gasteiger partial charge in [0, 0.05) is 17.1 Å². The number of carbonyl (C=O) groups excluding carboxylic acids is 2. The van der Waals surface area contributed by atoms with E-state index in [0.29, 0.717) is 33.2 Å². The Bertz CT molecular complexity index is 1430. The molecule has 2 amide bonds. The minimum atomic E-state index is -4.81. The Morgan fingerprint density at radius 3 is 2.31 bits per heavy atom. The number of halogens is 3. The van der Waals surface area contributed by atoms with Crippen LogP contribution in [0.5, 0.6) is 5.75 Å². The van der Waals surface area contributed by atoms with Crippen molar-refractivity contribution < 1.29 is 32.2 Å². The third-order valence-corrected chi connectivity index (χ3v) is 5.03. The van der Waals surface area contributed by atoms with Gasteiger partial charge in [-0.25, -0.2) is 19.7 Å². The van der Waals surface area contributed by atoms with Gasteiger partial charge in [0.05, 0.1) is 25.3 Å². The molecule has 0 bridgehead atoms. The molecule has 184 valence electrons. The fourth-order valence-electron chi connectivity index (χ4n) is 3.45. The maximum absolute atomic E-state index is 13.6. The van der Waals surface area contributed by atoms with E-state index in [0.717, 1.165) is 13.3 Å². The smallest absolute Gasteiger partial charge is 0.435 e. The largest absolute Gasteiger partial charge is 0.494 e. The van der Waals surface area contributed by atoms with Crippen LogP contribution in [0.4, 0.5) is 23.9 Å². The van der Waals surface area contributed by atoms with Gasteiger partial charge in [-0.3, -0.25) is 10.2 Å². The van der Waals surface area contributed by atoms with Crippen LogP contribution in [0, 0.1) is 0 Å². The summed E-state index contributed by atoms with van der Waals surface area (Å²) in [5.41, 5.74) is 2.37. The van der Waals surface area contributed by atoms with Crippen molar-refractivity contribution in [3.05, 3.63) is 78.1 Å². The number of hydrazine groups is 1. The molecule has 2 aromatic carbocycles. The van der Waals surface area contributed by atoms with Gasteiger partial charge in [-0.2, -0.15) is 13.2 Å². The van der Waals surface area contributed by atoms with E-state index >= 15 is 0 Å². The van der Waals surface area contributed by atoms with Crippen molar-refractivity contribution in [1.82, 2.24) is 20.4 Å². The van der Waals surface area contributed by atoms with Gasteiger partial charge in [0.25, 0.3) is 11.9 Å². The van der Waals surface area contributed by atoms with Crippen LogP contribution in [-0.4, -0.2) is 41.2 Å². The molecule has 0 aliphatic rings. The maximum Gasteiger partial charge on any atom is 0.435 e. The Morgan fingerprint density at radius 1 is 0.944 bits per heavy atom. The molecule has 0 radical (unpaired) electrons. The molecule has 1 N–H and O–H groups in total. The summed E-state index contributed by atoms with van der Waals surface area (Å²) in [6, 6.07) is 16.3. The minimum Gasteiger partial charge on any atom is -0.494 e. The normalized spacial score (nSPS) is 11.1. The number of rotatable bonds is 4. The summed E-state index contributed by atoms with van der Waals surface area (Å²) in [6.45, 7) is 0. The van der Waals surface area contributed by atoms with Gasteiger partial charge < -0.3 is 9.47 Å².